The first kappa shape index (κ1) is 17.8. The average molecular weight is 368 g/mol. The zero-order valence-electron chi connectivity index (χ0n) is 15.9. The van der Waals surface area contributed by atoms with Gasteiger partial charge in [0.25, 0.3) is 0 Å². The summed E-state index contributed by atoms with van der Waals surface area (Å²) in [6.45, 7) is 3.48. The van der Waals surface area contributed by atoms with Crippen molar-refractivity contribution in [3.05, 3.63) is 42.0 Å². The van der Waals surface area contributed by atoms with Crippen LogP contribution < -0.4 is 10.1 Å². The molecule has 1 saturated carbocycles. The van der Waals surface area contributed by atoms with Gasteiger partial charge in [0.1, 0.15) is 17.9 Å². The van der Waals surface area contributed by atoms with E-state index in [1.54, 1.807) is 6.33 Å². The van der Waals surface area contributed by atoms with E-state index < -0.39 is 0 Å². The van der Waals surface area contributed by atoms with Crippen LogP contribution in [0.3, 0.4) is 0 Å². The number of ether oxygens (including phenoxy) is 1. The average Bonchev–Trinajstić information content (AvgIpc) is 3.39. The van der Waals surface area contributed by atoms with Crippen molar-refractivity contribution in [2.45, 2.75) is 38.1 Å². The molecule has 0 atom stereocenters. The van der Waals surface area contributed by atoms with E-state index in [0.29, 0.717) is 5.92 Å². The Bertz CT molecular complexity index is 748. The molecule has 2 N–H and O–H groups in total. The molecule has 1 aliphatic heterocycles. The summed E-state index contributed by atoms with van der Waals surface area (Å²) in [5, 5.41) is 10.5. The van der Waals surface area contributed by atoms with E-state index >= 15 is 0 Å². The highest BCUT2D eigenvalue weighted by Gasteiger charge is 2.25. The van der Waals surface area contributed by atoms with Gasteiger partial charge in [0.05, 0.1) is 6.61 Å². The summed E-state index contributed by atoms with van der Waals surface area (Å²) in [6, 6.07) is 8.28. The van der Waals surface area contributed by atoms with E-state index in [2.05, 4.69) is 48.6 Å². The first-order valence-electron chi connectivity index (χ1n) is 9.85. The standard InChI is InChI=1S/C20H28N6O/c1-21-20(26-10-8-16(9-11-26)19-23-14-24-25-19)22-12-17-4-2-3-5-18(17)27-13-15-6-7-15/h2-5,14-16H,6-13H2,1H3,(H,21,22)(H,23,24,25). The van der Waals surface area contributed by atoms with Crippen molar-refractivity contribution in [2.24, 2.45) is 10.9 Å². The number of nitrogens with one attached hydrogen (secondary N) is 2. The predicted molar refractivity (Wildman–Crippen MR) is 105 cm³/mol. The Kier molecular flexibility index (Phi) is 5.55. The third-order valence-electron chi connectivity index (χ3n) is 5.41. The zero-order valence-corrected chi connectivity index (χ0v) is 15.9. The van der Waals surface area contributed by atoms with Gasteiger partial charge in [0.2, 0.25) is 0 Å². The molecule has 0 spiro atoms. The smallest absolute Gasteiger partial charge is 0.193 e. The third-order valence-corrected chi connectivity index (χ3v) is 5.41. The van der Waals surface area contributed by atoms with Crippen LogP contribution in [-0.4, -0.2) is 52.8 Å². The lowest BCUT2D eigenvalue weighted by Crippen LogP contribution is -2.45. The summed E-state index contributed by atoms with van der Waals surface area (Å²) in [7, 11) is 1.85. The number of hydrogen-bond acceptors (Lipinski definition) is 4. The van der Waals surface area contributed by atoms with Crippen LogP contribution in [-0.2, 0) is 6.54 Å². The van der Waals surface area contributed by atoms with Gasteiger partial charge in [0, 0.05) is 38.2 Å². The molecule has 1 aromatic carbocycles. The van der Waals surface area contributed by atoms with Crippen LogP contribution in [0, 0.1) is 5.92 Å². The number of aromatic nitrogens is 3. The van der Waals surface area contributed by atoms with Gasteiger partial charge in [-0.15, -0.1) is 0 Å². The number of para-hydroxylation sites is 1. The summed E-state index contributed by atoms with van der Waals surface area (Å²) in [5.41, 5.74) is 1.18. The van der Waals surface area contributed by atoms with Crippen molar-refractivity contribution < 1.29 is 4.74 Å². The zero-order chi connectivity index (χ0) is 18.5. The molecule has 144 valence electrons. The first-order chi connectivity index (χ1) is 13.3. The van der Waals surface area contributed by atoms with Crippen LogP contribution in [0.25, 0.3) is 0 Å². The van der Waals surface area contributed by atoms with Crippen LogP contribution in [0.1, 0.15) is 43.0 Å². The molecular weight excluding hydrogens is 340 g/mol. The van der Waals surface area contributed by atoms with Crippen LogP contribution in [0.15, 0.2) is 35.6 Å². The third kappa shape index (κ3) is 4.59. The highest BCUT2D eigenvalue weighted by atomic mass is 16.5. The number of aliphatic imine (C=N–C) groups is 1. The number of H-pyrrole nitrogens is 1. The van der Waals surface area contributed by atoms with Crippen LogP contribution in [0.5, 0.6) is 5.75 Å². The summed E-state index contributed by atoms with van der Waals surface area (Å²) in [4.78, 5) is 11.1. The molecule has 0 amide bonds. The molecule has 0 radical (unpaired) electrons. The Morgan fingerprint density at radius 1 is 1.26 bits per heavy atom. The SMILES string of the molecule is CN=C(NCc1ccccc1OCC1CC1)N1CCC(c2ncn[nH]2)CC1. The fraction of sp³-hybridized carbons (Fsp3) is 0.550. The number of benzene rings is 1. The van der Waals surface area contributed by atoms with Crippen molar-refractivity contribution in [2.75, 3.05) is 26.7 Å². The van der Waals surface area contributed by atoms with Gasteiger partial charge in [0.15, 0.2) is 5.96 Å². The van der Waals surface area contributed by atoms with Gasteiger partial charge in [-0.1, -0.05) is 18.2 Å². The number of likely N-dealkylation sites (tertiary alicyclic amines) is 1. The maximum atomic E-state index is 6.02. The summed E-state index contributed by atoms with van der Waals surface area (Å²) in [5.74, 6) is 4.14. The lowest BCUT2D eigenvalue weighted by molar-refractivity contribution is 0.293. The van der Waals surface area contributed by atoms with E-state index in [4.69, 9.17) is 4.74 Å². The van der Waals surface area contributed by atoms with E-state index in [1.165, 1.54) is 18.4 Å². The maximum absolute atomic E-state index is 6.02. The molecule has 1 aliphatic carbocycles. The largest absolute Gasteiger partial charge is 0.493 e. The fourth-order valence-electron chi connectivity index (χ4n) is 3.57. The van der Waals surface area contributed by atoms with E-state index in [1.807, 2.05) is 13.1 Å². The summed E-state index contributed by atoms with van der Waals surface area (Å²) < 4.78 is 6.02. The van der Waals surface area contributed by atoms with Crippen molar-refractivity contribution >= 4 is 5.96 Å². The molecule has 0 bridgehead atoms. The number of hydrogen-bond donors (Lipinski definition) is 2. The fourth-order valence-corrected chi connectivity index (χ4v) is 3.57. The van der Waals surface area contributed by atoms with Crippen LogP contribution >= 0.6 is 0 Å². The van der Waals surface area contributed by atoms with E-state index in [-0.39, 0.29) is 0 Å². The molecule has 0 unspecified atom stereocenters. The lowest BCUT2D eigenvalue weighted by atomic mass is 9.96. The normalized spacial score (nSPS) is 18.6. The lowest BCUT2D eigenvalue weighted by Gasteiger charge is -2.33. The minimum atomic E-state index is 0.457. The van der Waals surface area contributed by atoms with Crippen molar-refractivity contribution in [3.8, 4) is 5.75 Å². The molecular formula is C20H28N6O. The van der Waals surface area contributed by atoms with Crippen molar-refractivity contribution in [3.63, 3.8) is 0 Å². The molecule has 7 nitrogen and oxygen atoms in total. The number of rotatable bonds is 6. The second-order valence-corrected chi connectivity index (χ2v) is 7.39. The van der Waals surface area contributed by atoms with Gasteiger partial charge < -0.3 is 15.0 Å². The van der Waals surface area contributed by atoms with E-state index in [9.17, 15) is 0 Å². The molecule has 27 heavy (non-hydrogen) atoms. The second kappa shape index (κ2) is 8.41. The summed E-state index contributed by atoms with van der Waals surface area (Å²) >= 11 is 0. The highest BCUT2D eigenvalue weighted by molar-refractivity contribution is 5.80. The topological polar surface area (TPSA) is 78.4 Å². The number of piperidine rings is 1. The molecule has 2 heterocycles. The Labute approximate surface area is 160 Å². The van der Waals surface area contributed by atoms with E-state index in [0.717, 1.165) is 62.5 Å². The van der Waals surface area contributed by atoms with Crippen LogP contribution in [0.2, 0.25) is 0 Å². The van der Waals surface area contributed by atoms with Gasteiger partial charge in [-0.25, -0.2) is 4.98 Å². The molecule has 7 heteroatoms. The Morgan fingerprint density at radius 3 is 2.78 bits per heavy atom. The van der Waals surface area contributed by atoms with Crippen LogP contribution in [0.4, 0.5) is 0 Å². The molecule has 1 aromatic heterocycles. The van der Waals surface area contributed by atoms with Crippen molar-refractivity contribution in [1.82, 2.24) is 25.4 Å². The molecule has 2 aliphatic rings. The highest BCUT2D eigenvalue weighted by Crippen LogP contribution is 2.30. The number of guanidine groups is 1. The molecule has 2 aromatic rings. The molecule has 4 rings (SSSR count). The molecule has 1 saturated heterocycles. The maximum Gasteiger partial charge on any atom is 0.193 e. The number of nitrogens with zero attached hydrogens (tertiary/aromatic N) is 4. The second-order valence-electron chi connectivity index (χ2n) is 7.39. The van der Waals surface area contributed by atoms with Gasteiger partial charge in [-0.2, -0.15) is 5.10 Å². The van der Waals surface area contributed by atoms with Gasteiger partial charge in [-0.05, 0) is 37.7 Å². The van der Waals surface area contributed by atoms with Crippen molar-refractivity contribution in [1.29, 1.82) is 0 Å². The number of aromatic amines is 1. The summed E-state index contributed by atoms with van der Waals surface area (Å²) in [6.07, 6.45) is 6.30. The molecule has 2 fully saturated rings. The minimum absolute atomic E-state index is 0.457. The van der Waals surface area contributed by atoms with Gasteiger partial charge in [-0.3, -0.25) is 10.1 Å². The predicted octanol–water partition coefficient (Wildman–Crippen LogP) is 2.55. The quantitative estimate of drug-likeness (QED) is 0.605. The Morgan fingerprint density at radius 2 is 2.07 bits per heavy atom. The Hall–Kier alpha value is -2.57. The first-order valence-corrected chi connectivity index (χ1v) is 9.85. The Balaban J connectivity index is 1.31. The van der Waals surface area contributed by atoms with Gasteiger partial charge >= 0.3 is 0 Å². The minimum Gasteiger partial charge on any atom is -0.493 e. The monoisotopic (exact) mass is 368 g/mol.